The monoisotopic (exact) mass is 358 g/mol. The number of aryl methyl sites for hydroxylation is 1. The first kappa shape index (κ1) is 17.2. The van der Waals surface area contributed by atoms with E-state index in [1.165, 1.54) is 0 Å². The first-order chi connectivity index (χ1) is 12.5. The zero-order valence-electron chi connectivity index (χ0n) is 15.7. The summed E-state index contributed by atoms with van der Waals surface area (Å²) in [7, 11) is 4.03. The van der Waals surface area contributed by atoms with Gasteiger partial charge in [0.25, 0.3) is 0 Å². The molecule has 0 saturated carbocycles. The van der Waals surface area contributed by atoms with E-state index in [-0.39, 0.29) is 17.5 Å². The van der Waals surface area contributed by atoms with E-state index in [2.05, 4.69) is 38.1 Å². The van der Waals surface area contributed by atoms with Gasteiger partial charge in [-0.15, -0.1) is 10.2 Å². The van der Waals surface area contributed by atoms with E-state index in [0.717, 1.165) is 62.3 Å². The number of aromatic nitrogens is 4. The molecule has 1 atom stereocenters. The number of cyclic esters (lactones) is 1. The van der Waals surface area contributed by atoms with Crippen molar-refractivity contribution in [3.8, 4) is 0 Å². The Labute approximate surface area is 153 Å². The topological polar surface area (TPSA) is 75.9 Å². The smallest absolute Gasteiger partial charge is 0.312 e. The molecule has 1 spiro atoms. The average Bonchev–Trinajstić information content (AvgIpc) is 3.19. The van der Waals surface area contributed by atoms with Crippen LogP contribution < -0.4 is 4.90 Å². The summed E-state index contributed by atoms with van der Waals surface area (Å²) in [6.45, 7) is 4.52. The van der Waals surface area contributed by atoms with Crippen molar-refractivity contribution in [3.63, 3.8) is 0 Å². The molecule has 0 aromatic carbocycles. The van der Waals surface area contributed by atoms with Crippen molar-refractivity contribution in [2.45, 2.75) is 38.7 Å². The second-order valence-corrected chi connectivity index (χ2v) is 7.73. The number of anilines is 1. The van der Waals surface area contributed by atoms with E-state index in [9.17, 15) is 4.79 Å². The van der Waals surface area contributed by atoms with Crippen LogP contribution in [0.3, 0.4) is 0 Å². The molecule has 0 radical (unpaired) electrons. The number of likely N-dealkylation sites (N-methyl/N-ethyl adjacent to an activating group) is 1. The maximum Gasteiger partial charge on any atom is 0.312 e. The lowest BCUT2D eigenvalue weighted by molar-refractivity contribution is -0.150. The van der Waals surface area contributed by atoms with Crippen molar-refractivity contribution >= 4 is 17.3 Å². The van der Waals surface area contributed by atoms with Gasteiger partial charge in [0.2, 0.25) is 5.65 Å². The lowest BCUT2D eigenvalue weighted by atomic mass is 9.76. The maximum absolute atomic E-state index is 12.6. The Balaban J connectivity index is 1.52. The van der Waals surface area contributed by atoms with Crippen LogP contribution in [0.5, 0.6) is 0 Å². The minimum absolute atomic E-state index is 0.0133. The third-order valence-electron chi connectivity index (χ3n) is 5.62. The van der Waals surface area contributed by atoms with Gasteiger partial charge >= 0.3 is 5.97 Å². The van der Waals surface area contributed by atoms with Gasteiger partial charge in [0.05, 0.1) is 16.8 Å². The van der Waals surface area contributed by atoms with E-state index in [0.29, 0.717) is 0 Å². The minimum atomic E-state index is -0.318. The molecule has 0 bridgehead atoms. The van der Waals surface area contributed by atoms with Crippen LogP contribution in [0.1, 0.15) is 31.9 Å². The van der Waals surface area contributed by atoms with Crippen LogP contribution in [0, 0.1) is 5.41 Å². The predicted molar refractivity (Wildman–Crippen MR) is 97.1 cm³/mol. The van der Waals surface area contributed by atoms with Crippen LogP contribution in [0.4, 0.5) is 5.69 Å². The fourth-order valence-corrected chi connectivity index (χ4v) is 4.20. The highest BCUT2D eigenvalue weighted by atomic mass is 16.6. The van der Waals surface area contributed by atoms with E-state index in [1.54, 1.807) is 10.8 Å². The maximum atomic E-state index is 12.6. The van der Waals surface area contributed by atoms with E-state index in [1.807, 2.05) is 14.1 Å². The van der Waals surface area contributed by atoms with Gasteiger partial charge in [-0.1, -0.05) is 6.92 Å². The normalized spacial score (nSPS) is 22.5. The number of carbonyl (C=O) groups is 1. The quantitative estimate of drug-likeness (QED) is 0.759. The lowest BCUT2D eigenvalue weighted by Gasteiger charge is -2.37. The van der Waals surface area contributed by atoms with Gasteiger partial charge in [-0.2, -0.15) is 9.61 Å². The molecule has 8 nitrogen and oxygen atoms in total. The van der Waals surface area contributed by atoms with Crippen LogP contribution in [0.15, 0.2) is 12.4 Å². The summed E-state index contributed by atoms with van der Waals surface area (Å²) in [5, 5.41) is 12.7. The Morgan fingerprint density at radius 2 is 2.12 bits per heavy atom. The van der Waals surface area contributed by atoms with Crippen LogP contribution >= 0.6 is 0 Å². The molecule has 2 aromatic heterocycles. The Morgan fingerprint density at radius 1 is 1.35 bits per heavy atom. The summed E-state index contributed by atoms with van der Waals surface area (Å²) in [6.07, 6.45) is 4.98. The van der Waals surface area contributed by atoms with Gasteiger partial charge in [0.15, 0.2) is 0 Å². The molecule has 4 rings (SSSR count). The molecular formula is C18H26N6O2. The highest BCUT2D eigenvalue weighted by Crippen LogP contribution is 2.44. The second-order valence-electron chi connectivity index (χ2n) is 7.73. The van der Waals surface area contributed by atoms with Gasteiger partial charge in [-0.25, -0.2) is 0 Å². The molecule has 2 aromatic rings. The summed E-state index contributed by atoms with van der Waals surface area (Å²) >= 11 is 0. The van der Waals surface area contributed by atoms with Crippen molar-refractivity contribution in [3.05, 3.63) is 18.1 Å². The molecule has 2 aliphatic rings. The number of rotatable bonds is 4. The largest absolute Gasteiger partial charge is 0.461 e. The third kappa shape index (κ3) is 2.92. The van der Waals surface area contributed by atoms with Crippen molar-refractivity contribution in [2.75, 3.05) is 38.6 Å². The predicted octanol–water partition coefficient (Wildman–Crippen LogP) is 1.15. The summed E-state index contributed by atoms with van der Waals surface area (Å²) < 4.78 is 7.41. The number of esters is 1. The zero-order valence-corrected chi connectivity index (χ0v) is 15.7. The summed E-state index contributed by atoms with van der Waals surface area (Å²) in [6, 6.07) is 2.10. The molecule has 8 heteroatoms. The van der Waals surface area contributed by atoms with Crippen molar-refractivity contribution < 1.29 is 9.53 Å². The fraction of sp³-hybridized carbons (Fsp3) is 0.667. The molecule has 2 aliphatic heterocycles. The zero-order chi connectivity index (χ0) is 18.3. The molecule has 0 N–H and O–H groups in total. The molecule has 26 heavy (non-hydrogen) atoms. The molecule has 4 heterocycles. The SMILES string of the molecule is CCc1cc(N2CCC3(CC2)CC(CN(C)C)OC3=O)c2nncn2n1. The van der Waals surface area contributed by atoms with Gasteiger partial charge in [-0.05, 0) is 39.4 Å². The van der Waals surface area contributed by atoms with Crippen LogP contribution in [0.25, 0.3) is 5.65 Å². The second kappa shape index (κ2) is 6.50. The Bertz CT molecular complexity index is 809. The van der Waals surface area contributed by atoms with Gasteiger partial charge in [-0.3, -0.25) is 4.79 Å². The molecule has 0 aliphatic carbocycles. The number of piperidine rings is 1. The van der Waals surface area contributed by atoms with Crippen LogP contribution in [-0.4, -0.2) is 70.5 Å². The van der Waals surface area contributed by atoms with E-state index < -0.39 is 0 Å². The van der Waals surface area contributed by atoms with Crippen molar-refractivity contribution in [1.29, 1.82) is 0 Å². The van der Waals surface area contributed by atoms with Gasteiger partial charge in [0, 0.05) is 26.1 Å². The first-order valence-corrected chi connectivity index (χ1v) is 9.31. The summed E-state index contributed by atoms with van der Waals surface area (Å²) in [4.78, 5) is 17.0. The molecule has 2 saturated heterocycles. The first-order valence-electron chi connectivity index (χ1n) is 9.31. The number of hydrogen-bond donors (Lipinski definition) is 0. The van der Waals surface area contributed by atoms with Gasteiger partial charge in [0.1, 0.15) is 12.4 Å². The minimum Gasteiger partial charge on any atom is -0.461 e. The lowest BCUT2D eigenvalue weighted by Crippen LogP contribution is -2.43. The molecule has 0 amide bonds. The molecule has 1 unspecified atom stereocenters. The fourth-order valence-electron chi connectivity index (χ4n) is 4.20. The van der Waals surface area contributed by atoms with Crippen molar-refractivity contribution in [2.24, 2.45) is 5.41 Å². The standard InChI is InChI=1S/C18H26N6O2/c1-4-13-9-15(16-20-19-12-24(16)21-13)23-7-5-18(6-8-23)10-14(11-22(2)3)26-17(18)25/h9,12,14H,4-8,10-11H2,1-3H3. The molecular weight excluding hydrogens is 332 g/mol. The number of hydrogen-bond acceptors (Lipinski definition) is 7. The Kier molecular flexibility index (Phi) is 4.30. The molecule has 2 fully saturated rings. The summed E-state index contributed by atoms with van der Waals surface area (Å²) in [5.41, 5.74) is 2.53. The number of carbonyl (C=O) groups excluding carboxylic acids is 1. The number of fused-ring (bicyclic) bond motifs is 1. The Morgan fingerprint density at radius 3 is 2.81 bits per heavy atom. The Hall–Kier alpha value is -2.22. The van der Waals surface area contributed by atoms with E-state index in [4.69, 9.17) is 4.74 Å². The summed E-state index contributed by atoms with van der Waals surface area (Å²) in [5.74, 6) is -0.0133. The molecule has 140 valence electrons. The van der Waals surface area contributed by atoms with Crippen molar-refractivity contribution in [1.82, 2.24) is 24.7 Å². The number of ether oxygens (including phenoxy) is 1. The van der Waals surface area contributed by atoms with E-state index >= 15 is 0 Å². The van der Waals surface area contributed by atoms with Gasteiger partial charge < -0.3 is 14.5 Å². The van der Waals surface area contributed by atoms with Crippen LogP contribution in [0.2, 0.25) is 0 Å². The average molecular weight is 358 g/mol. The van der Waals surface area contributed by atoms with Crippen LogP contribution in [-0.2, 0) is 16.0 Å². The highest BCUT2D eigenvalue weighted by molar-refractivity contribution is 5.80. The number of nitrogens with zero attached hydrogens (tertiary/aromatic N) is 6. The highest BCUT2D eigenvalue weighted by Gasteiger charge is 2.50. The third-order valence-corrected chi connectivity index (χ3v) is 5.62.